The molecule has 1 amide bonds. The van der Waals surface area contributed by atoms with Gasteiger partial charge in [0.15, 0.2) is 5.75 Å². The van der Waals surface area contributed by atoms with E-state index in [1.54, 1.807) is 18.0 Å². The van der Waals surface area contributed by atoms with E-state index in [2.05, 4.69) is 5.48 Å². The summed E-state index contributed by atoms with van der Waals surface area (Å²) in [6, 6.07) is 12.4. The van der Waals surface area contributed by atoms with Gasteiger partial charge in [0.2, 0.25) is 5.91 Å². The molecule has 154 valence electrons. The van der Waals surface area contributed by atoms with Crippen molar-refractivity contribution in [3.63, 3.8) is 0 Å². The summed E-state index contributed by atoms with van der Waals surface area (Å²) in [6.07, 6.45) is 3.57. The molecule has 0 radical (unpaired) electrons. The predicted octanol–water partition coefficient (Wildman–Crippen LogP) is 4.68. The summed E-state index contributed by atoms with van der Waals surface area (Å²) >= 11 is 1.52. The zero-order valence-corrected chi connectivity index (χ0v) is 17.4. The summed E-state index contributed by atoms with van der Waals surface area (Å²) < 4.78 is 19.3. The lowest BCUT2D eigenvalue weighted by Gasteiger charge is -2.15. The Kier molecular flexibility index (Phi) is 7.55. The molecule has 7 heteroatoms. The largest absolute Gasteiger partial charge is 0.383 e. The number of hydrogen-bond donors (Lipinski definition) is 1. The van der Waals surface area contributed by atoms with Crippen molar-refractivity contribution in [3.05, 3.63) is 65.6 Å². The number of carbonyl (C=O) groups is 1. The van der Waals surface area contributed by atoms with E-state index in [0.717, 1.165) is 42.2 Å². The van der Waals surface area contributed by atoms with Crippen LogP contribution in [0, 0.1) is 5.82 Å². The van der Waals surface area contributed by atoms with Crippen molar-refractivity contribution in [1.29, 1.82) is 0 Å². The van der Waals surface area contributed by atoms with Crippen LogP contribution in [0.4, 0.5) is 10.1 Å². The Morgan fingerprint density at radius 1 is 1.24 bits per heavy atom. The van der Waals surface area contributed by atoms with Gasteiger partial charge in [-0.25, -0.2) is 9.87 Å². The van der Waals surface area contributed by atoms with E-state index in [1.807, 2.05) is 30.5 Å². The van der Waals surface area contributed by atoms with E-state index in [0.29, 0.717) is 11.5 Å². The fourth-order valence-corrected chi connectivity index (χ4v) is 3.72. The van der Waals surface area contributed by atoms with Crippen molar-refractivity contribution in [2.75, 3.05) is 25.2 Å². The molecule has 1 aliphatic rings. The highest BCUT2D eigenvalue weighted by Gasteiger charge is 2.08. The number of hydrogen-bond acceptors (Lipinski definition) is 5. The normalized spacial score (nSPS) is 13.7. The van der Waals surface area contributed by atoms with Crippen LogP contribution in [0.25, 0.3) is 0 Å². The maximum absolute atomic E-state index is 14.0. The lowest BCUT2D eigenvalue weighted by Crippen LogP contribution is -2.22. The zero-order chi connectivity index (χ0) is 20.6. The molecule has 0 aromatic heterocycles. The SMILES string of the molecule is CC(=O)N(C)c1ccc(CSc2cc(F)cc(ONC=C3CCOCC3)c2)cc1. The van der Waals surface area contributed by atoms with Crippen LogP contribution >= 0.6 is 11.8 Å². The number of nitrogens with one attached hydrogen (secondary N) is 1. The van der Waals surface area contributed by atoms with Crippen molar-refractivity contribution in [1.82, 2.24) is 5.48 Å². The molecule has 3 rings (SSSR count). The first-order chi connectivity index (χ1) is 14.0. The molecule has 1 heterocycles. The Hall–Kier alpha value is -2.51. The number of anilines is 1. The summed E-state index contributed by atoms with van der Waals surface area (Å²) in [4.78, 5) is 19.3. The van der Waals surface area contributed by atoms with Crippen molar-refractivity contribution < 1.29 is 18.8 Å². The van der Waals surface area contributed by atoms with Gasteiger partial charge in [-0.3, -0.25) is 4.79 Å². The lowest BCUT2D eigenvalue weighted by atomic mass is 10.1. The molecule has 1 saturated heterocycles. The second-order valence-corrected chi connectivity index (χ2v) is 7.84. The van der Waals surface area contributed by atoms with Gasteiger partial charge in [-0.2, -0.15) is 0 Å². The topological polar surface area (TPSA) is 50.8 Å². The van der Waals surface area contributed by atoms with E-state index in [9.17, 15) is 9.18 Å². The molecular formula is C22H25FN2O3S. The molecule has 1 N–H and O–H groups in total. The average Bonchev–Trinajstić information content (AvgIpc) is 2.72. The monoisotopic (exact) mass is 416 g/mol. The average molecular weight is 417 g/mol. The highest BCUT2D eigenvalue weighted by molar-refractivity contribution is 7.98. The number of carbonyl (C=O) groups excluding carboxylic acids is 1. The predicted molar refractivity (Wildman–Crippen MR) is 113 cm³/mol. The fraction of sp³-hybridized carbons (Fsp3) is 0.318. The van der Waals surface area contributed by atoms with Crippen LogP contribution in [0.2, 0.25) is 0 Å². The number of ether oxygens (including phenoxy) is 1. The fourth-order valence-electron chi connectivity index (χ4n) is 2.80. The van der Waals surface area contributed by atoms with Crippen molar-refractivity contribution in [2.24, 2.45) is 0 Å². The third kappa shape index (κ3) is 6.51. The maximum atomic E-state index is 14.0. The molecule has 29 heavy (non-hydrogen) atoms. The number of nitrogens with zero attached hydrogens (tertiary/aromatic N) is 1. The second-order valence-electron chi connectivity index (χ2n) is 6.79. The number of hydroxylamine groups is 1. The first-order valence-corrected chi connectivity index (χ1v) is 10.4. The van der Waals surface area contributed by atoms with E-state index in [1.165, 1.54) is 36.4 Å². The van der Waals surface area contributed by atoms with Crippen LogP contribution in [-0.4, -0.2) is 26.2 Å². The highest BCUT2D eigenvalue weighted by Crippen LogP contribution is 2.28. The van der Waals surface area contributed by atoms with Gasteiger partial charge < -0.3 is 14.5 Å². The molecule has 1 fully saturated rings. The van der Waals surface area contributed by atoms with Gasteiger partial charge in [0.05, 0.1) is 13.2 Å². The molecule has 2 aromatic carbocycles. The summed E-state index contributed by atoms with van der Waals surface area (Å²) in [7, 11) is 1.74. The summed E-state index contributed by atoms with van der Waals surface area (Å²) in [5.74, 6) is 0.754. The van der Waals surface area contributed by atoms with Gasteiger partial charge in [-0.15, -0.1) is 11.8 Å². The van der Waals surface area contributed by atoms with Crippen LogP contribution in [0.3, 0.4) is 0 Å². The van der Waals surface area contributed by atoms with Gasteiger partial charge in [0, 0.05) is 42.6 Å². The Morgan fingerprint density at radius 2 is 1.97 bits per heavy atom. The molecule has 2 aromatic rings. The van der Waals surface area contributed by atoms with Gasteiger partial charge in [0.25, 0.3) is 0 Å². The van der Waals surface area contributed by atoms with Gasteiger partial charge in [-0.1, -0.05) is 12.1 Å². The Bertz CT molecular complexity index is 863. The number of amides is 1. The molecular weight excluding hydrogens is 391 g/mol. The standard InChI is InChI=1S/C22H25FN2O3S/c1-16(26)25(2)20-5-3-18(4-6-20)15-29-22-12-19(23)11-21(13-22)28-24-14-17-7-9-27-10-8-17/h3-6,11-14,24H,7-10,15H2,1-2H3. The summed E-state index contributed by atoms with van der Waals surface area (Å²) in [5, 5.41) is 0. The Labute approximate surface area is 174 Å². The Morgan fingerprint density at radius 3 is 2.66 bits per heavy atom. The minimum atomic E-state index is -0.344. The second kappa shape index (κ2) is 10.3. The molecule has 5 nitrogen and oxygen atoms in total. The molecule has 0 atom stereocenters. The molecule has 0 spiro atoms. The van der Waals surface area contributed by atoms with E-state index >= 15 is 0 Å². The van der Waals surface area contributed by atoms with Crippen LogP contribution in [-0.2, 0) is 15.3 Å². The lowest BCUT2D eigenvalue weighted by molar-refractivity contribution is -0.116. The number of halogens is 1. The smallest absolute Gasteiger partial charge is 0.223 e. The third-order valence-electron chi connectivity index (χ3n) is 4.62. The number of rotatable bonds is 7. The minimum Gasteiger partial charge on any atom is -0.383 e. The molecule has 0 saturated carbocycles. The van der Waals surface area contributed by atoms with Gasteiger partial charge >= 0.3 is 0 Å². The summed E-state index contributed by atoms with van der Waals surface area (Å²) in [6.45, 7) is 2.98. The van der Waals surface area contributed by atoms with Gasteiger partial charge in [-0.05, 0) is 48.2 Å². The van der Waals surface area contributed by atoms with E-state index in [-0.39, 0.29) is 11.7 Å². The van der Waals surface area contributed by atoms with Crippen LogP contribution < -0.4 is 15.2 Å². The highest BCUT2D eigenvalue weighted by atomic mass is 32.2. The number of benzene rings is 2. The molecule has 0 aliphatic carbocycles. The van der Waals surface area contributed by atoms with Crippen LogP contribution in [0.15, 0.2) is 59.1 Å². The Balaban J connectivity index is 1.56. The van der Waals surface area contributed by atoms with Crippen molar-refractivity contribution in [3.8, 4) is 5.75 Å². The zero-order valence-electron chi connectivity index (χ0n) is 16.6. The quantitative estimate of drug-likeness (QED) is 0.525. The third-order valence-corrected chi connectivity index (χ3v) is 5.67. The number of thioether (sulfide) groups is 1. The van der Waals surface area contributed by atoms with E-state index < -0.39 is 0 Å². The van der Waals surface area contributed by atoms with Crippen molar-refractivity contribution in [2.45, 2.75) is 30.4 Å². The van der Waals surface area contributed by atoms with Crippen LogP contribution in [0.1, 0.15) is 25.3 Å². The first kappa shape index (κ1) is 21.2. The first-order valence-electron chi connectivity index (χ1n) is 9.46. The maximum Gasteiger partial charge on any atom is 0.223 e. The molecule has 0 bridgehead atoms. The summed E-state index contributed by atoms with van der Waals surface area (Å²) in [5.41, 5.74) is 5.96. The van der Waals surface area contributed by atoms with Crippen LogP contribution in [0.5, 0.6) is 5.75 Å². The van der Waals surface area contributed by atoms with Gasteiger partial charge in [0.1, 0.15) is 5.82 Å². The van der Waals surface area contributed by atoms with Crippen molar-refractivity contribution >= 4 is 23.4 Å². The van der Waals surface area contributed by atoms with E-state index in [4.69, 9.17) is 9.57 Å². The minimum absolute atomic E-state index is 0.0134. The molecule has 1 aliphatic heterocycles. The molecule has 0 unspecified atom stereocenters.